The van der Waals surface area contributed by atoms with E-state index >= 15 is 0 Å². The molecule has 1 aliphatic heterocycles. The van der Waals surface area contributed by atoms with Gasteiger partial charge in [-0.15, -0.1) is 10.2 Å². The molecule has 0 unspecified atom stereocenters. The van der Waals surface area contributed by atoms with Gasteiger partial charge in [0.15, 0.2) is 0 Å². The van der Waals surface area contributed by atoms with E-state index in [4.69, 9.17) is 4.98 Å². The monoisotopic (exact) mass is 467 g/mol. The number of unbranched alkanes of at least 4 members (excludes halogenated alkanes) is 2. The molecule has 7 nitrogen and oxygen atoms in total. The van der Waals surface area contributed by atoms with Crippen LogP contribution in [0.25, 0.3) is 0 Å². The highest BCUT2D eigenvalue weighted by Crippen LogP contribution is 2.31. The van der Waals surface area contributed by atoms with Crippen molar-refractivity contribution in [1.29, 1.82) is 0 Å². The molecule has 8 heteroatoms. The Balaban J connectivity index is 1.69. The molecule has 0 atom stereocenters. The number of hydrogen-bond donors (Lipinski definition) is 1. The number of hydrogen-bond acceptors (Lipinski definition) is 6. The fraction of sp³-hybridized carbons (Fsp3) is 0.560. The van der Waals surface area contributed by atoms with Crippen LogP contribution in [-0.4, -0.2) is 45.0 Å². The minimum atomic E-state index is -0.227. The predicted octanol–water partition coefficient (Wildman–Crippen LogP) is 4.69. The van der Waals surface area contributed by atoms with Crippen molar-refractivity contribution in [3.63, 3.8) is 0 Å². The third-order valence-electron chi connectivity index (χ3n) is 5.62. The molecule has 1 N–H and O–H groups in total. The second-order valence-corrected chi connectivity index (χ2v) is 10.5. The summed E-state index contributed by atoms with van der Waals surface area (Å²) < 4.78 is 0. The maximum Gasteiger partial charge on any atom is 0.298 e. The van der Waals surface area contributed by atoms with Gasteiger partial charge in [0.1, 0.15) is 5.01 Å². The normalized spacial score (nSPS) is 14.5. The number of aromatic nitrogens is 3. The van der Waals surface area contributed by atoms with Crippen LogP contribution >= 0.6 is 11.3 Å². The number of likely N-dealkylation sites (tertiary alicyclic amines) is 1. The van der Waals surface area contributed by atoms with E-state index in [9.17, 15) is 9.59 Å². The van der Waals surface area contributed by atoms with Crippen LogP contribution in [0.4, 0.5) is 5.13 Å². The van der Waals surface area contributed by atoms with E-state index in [1.54, 1.807) is 4.90 Å². The number of amides is 2. The van der Waals surface area contributed by atoms with Crippen LogP contribution in [0.3, 0.4) is 0 Å². The Morgan fingerprint density at radius 1 is 1.21 bits per heavy atom. The van der Waals surface area contributed by atoms with Gasteiger partial charge in [-0.25, -0.2) is 0 Å². The zero-order chi connectivity index (χ0) is 24.0. The minimum Gasteiger partial charge on any atom is -0.332 e. The van der Waals surface area contributed by atoms with Gasteiger partial charge in [0.05, 0.1) is 11.3 Å². The maximum absolute atomic E-state index is 13.1. The molecule has 1 saturated heterocycles. The highest BCUT2D eigenvalue weighted by atomic mass is 32.1. The summed E-state index contributed by atoms with van der Waals surface area (Å²) in [6.45, 7) is 11.5. The molecule has 3 heterocycles. The highest BCUT2D eigenvalue weighted by molar-refractivity contribution is 7.15. The number of rotatable bonds is 5. The lowest BCUT2D eigenvalue weighted by Gasteiger charge is -2.31. The Morgan fingerprint density at radius 2 is 1.94 bits per heavy atom. The zero-order valence-corrected chi connectivity index (χ0v) is 21.0. The number of piperidine rings is 1. The highest BCUT2D eigenvalue weighted by Gasteiger charge is 2.28. The van der Waals surface area contributed by atoms with Gasteiger partial charge in [0.25, 0.3) is 11.8 Å². The van der Waals surface area contributed by atoms with E-state index in [2.05, 4.69) is 55.0 Å². The number of carbonyl (C=O) groups is 2. The van der Waals surface area contributed by atoms with Gasteiger partial charge in [-0.2, -0.15) is 0 Å². The molecule has 2 aromatic heterocycles. The first-order valence-electron chi connectivity index (χ1n) is 11.6. The van der Waals surface area contributed by atoms with Crippen molar-refractivity contribution in [3.8, 4) is 11.8 Å². The molecule has 1 fully saturated rings. The summed E-state index contributed by atoms with van der Waals surface area (Å²) in [7, 11) is 0. The molecule has 0 spiro atoms. The molecule has 2 aromatic rings. The third kappa shape index (κ3) is 6.61. The number of nitrogens with zero attached hydrogens (tertiary/aromatic N) is 4. The summed E-state index contributed by atoms with van der Waals surface area (Å²) in [5.74, 6) is 5.52. The fourth-order valence-corrected chi connectivity index (χ4v) is 4.46. The Hall–Kier alpha value is -2.79. The number of aryl methyl sites for hydroxylation is 1. The van der Waals surface area contributed by atoms with Crippen molar-refractivity contribution in [1.82, 2.24) is 20.1 Å². The van der Waals surface area contributed by atoms with Crippen molar-refractivity contribution in [2.24, 2.45) is 0 Å². The average Bonchev–Trinajstić information content (AvgIpc) is 3.25. The van der Waals surface area contributed by atoms with Crippen LogP contribution in [0.1, 0.15) is 92.5 Å². The van der Waals surface area contributed by atoms with Crippen molar-refractivity contribution in [2.45, 2.75) is 78.1 Å². The zero-order valence-electron chi connectivity index (χ0n) is 20.2. The lowest BCUT2D eigenvalue weighted by atomic mass is 9.90. The average molecular weight is 468 g/mol. The molecule has 3 rings (SSSR count). The summed E-state index contributed by atoms with van der Waals surface area (Å²) in [5.41, 5.74) is 2.09. The molecule has 0 bridgehead atoms. The van der Waals surface area contributed by atoms with Gasteiger partial charge >= 0.3 is 0 Å². The molecule has 1 aliphatic rings. The predicted molar refractivity (Wildman–Crippen MR) is 131 cm³/mol. The van der Waals surface area contributed by atoms with Crippen LogP contribution in [0.2, 0.25) is 0 Å². The van der Waals surface area contributed by atoms with E-state index in [1.807, 2.05) is 19.1 Å². The summed E-state index contributed by atoms with van der Waals surface area (Å²) >= 11 is 1.39. The molecule has 0 aromatic carbocycles. The van der Waals surface area contributed by atoms with Crippen LogP contribution < -0.4 is 5.32 Å². The molecule has 0 aliphatic carbocycles. The van der Waals surface area contributed by atoms with Crippen LogP contribution in [-0.2, 0) is 10.2 Å². The fourth-order valence-electron chi connectivity index (χ4n) is 3.66. The molecule has 176 valence electrons. The second-order valence-electron chi connectivity index (χ2n) is 9.47. The van der Waals surface area contributed by atoms with Gasteiger partial charge in [0, 0.05) is 36.5 Å². The van der Waals surface area contributed by atoms with Crippen molar-refractivity contribution in [2.75, 3.05) is 18.4 Å². The summed E-state index contributed by atoms with van der Waals surface area (Å²) in [4.78, 5) is 32.0. The number of anilines is 1. The molecule has 33 heavy (non-hydrogen) atoms. The van der Waals surface area contributed by atoms with Crippen LogP contribution in [0.15, 0.2) is 12.1 Å². The van der Waals surface area contributed by atoms with Gasteiger partial charge in [-0.3, -0.25) is 19.9 Å². The van der Waals surface area contributed by atoms with E-state index < -0.39 is 0 Å². The van der Waals surface area contributed by atoms with Crippen LogP contribution in [0, 0.1) is 18.8 Å². The number of nitrogens with one attached hydrogen (secondary N) is 1. The molecular formula is C25H33N5O2S. The Labute approximate surface area is 200 Å². The molecule has 0 saturated carbocycles. The number of carbonyl (C=O) groups excluding carboxylic acids is 2. The smallest absolute Gasteiger partial charge is 0.298 e. The Kier molecular flexibility index (Phi) is 8.20. The topological polar surface area (TPSA) is 88.1 Å². The second kappa shape index (κ2) is 10.9. The van der Waals surface area contributed by atoms with Crippen molar-refractivity contribution >= 4 is 28.3 Å². The summed E-state index contributed by atoms with van der Waals surface area (Å²) in [6.07, 6.45) is 4.36. The minimum absolute atomic E-state index is 0.106. The maximum atomic E-state index is 13.1. The van der Waals surface area contributed by atoms with Crippen LogP contribution in [0.5, 0.6) is 0 Å². The van der Waals surface area contributed by atoms with Crippen molar-refractivity contribution < 1.29 is 9.59 Å². The van der Waals surface area contributed by atoms with Crippen molar-refractivity contribution in [3.05, 3.63) is 34.1 Å². The van der Waals surface area contributed by atoms with E-state index in [-0.39, 0.29) is 23.1 Å². The van der Waals surface area contributed by atoms with Gasteiger partial charge in [-0.1, -0.05) is 51.4 Å². The van der Waals surface area contributed by atoms with Gasteiger partial charge in [-0.05, 0) is 44.2 Å². The first-order chi connectivity index (χ1) is 15.7. The summed E-state index contributed by atoms with van der Waals surface area (Å²) in [5, 5.41) is 12.6. The lowest BCUT2D eigenvalue weighted by molar-refractivity contribution is -0.126. The molecule has 0 radical (unpaired) electrons. The van der Waals surface area contributed by atoms with E-state index in [0.29, 0.717) is 23.8 Å². The molecule has 2 amide bonds. The standard InChI is InChI=1S/C25H33N5O2S/c1-6-7-8-9-10-20(31)30-15-13-18(14-16-30)21-19(12-11-17(2)26-21)22(32)27-24-29-28-23(33-24)25(3,4)5/h11-12,18H,6-8,13-16H2,1-5H3,(H,27,29,32). The Morgan fingerprint density at radius 3 is 2.58 bits per heavy atom. The lowest BCUT2D eigenvalue weighted by Crippen LogP contribution is -2.37. The quantitative estimate of drug-likeness (QED) is 0.509. The Bertz CT molecular complexity index is 1050. The third-order valence-corrected chi connectivity index (χ3v) is 6.88. The molecular weight excluding hydrogens is 434 g/mol. The summed E-state index contributed by atoms with van der Waals surface area (Å²) in [6, 6.07) is 3.68. The van der Waals surface area contributed by atoms with E-state index in [1.165, 1.54) is 11.3 Å². The van der Waals surface area contributed by atoms with Gasteiger partial charge in [0.2, 0.25) is 5.13 Å². The SMILES string of the molecule is CCCCC#CC(=O)N1CCC(c2nc(C)ccc2C(=O)Nc2nnc(C(C)(C)C)s2)CC1. The largest absolute Gasteiger partial charge is 0.332 e. The van der Waals surface area contributed by atoms with Gasteiger partial charge < -0.3 is 4.90 Å². The number of pyridine rings is 1. The first-order valence-corrected chi connectivity index (χ1v) is 12.4. The van der Waals surface area contributed by atoms with E-state index in [0.717, 1.165) is 48.5 Å². The first kappa shape index (κ1) is 24.8.